The van der Waals surface area contributed by atoms with Crippen molar-refractivity contribution >= 4 is 16.9 Å². The Morgan fingerprint density at radius 1 is 1.47 bits per heavy atom. The molecule has 3 rings (SSSR count). The molecule has 0 amide bonds. The van der Waals surface area contributed by atoms with Gasteiger partial charge in [0.25, 0.3) is 0 Å². The summed E-state index contributed by atoms with van der Waals surface area (Å²) in [5, 5.41) is 10.5. The van der Waals surface area contributed by atoms with Crippen LogP contribution >= 0.6 is 0 Å². The van der Waals surface area contributed by atoms with Crippen LogP contribution in [0.1, 0.15) is 30.2 Å². The number of carboxylic acids is 1. The molecule has 1 aliphatic rings. The highest BCUT2D eigenvalue weighted by Gasteiger charge is 2.28. The quantitative estimate of drug-likeness (QED) is 0.898. The molecule has 0 fully saturated rings. The first-order chi connectivity index (χ1) is 9.11. The molecule has 100 valence electrons. The molecule has 1 aromatic carbocycles. The first-order valence-corrected chi connectivity index (χ1v) is 6.93. The summed E-state index contributed by atoms with van der Waals surface area (Å²) < 4.78 is 2.18. The van der Waals surface area contributed by atoms with E-state index in [4.69, 9.17) is 0 Å². The zero-order valence-electron chi connectivity index (χ0n) is 11.4. The fourth-order valence-corrected chi connectivity index (χ4v) is 3.24. The zero-order valence-corrected chi connectivity index (χ0v) is 11.4. The molecule has 0 bridgehead atoms. The molecule has 1 aromatic heterocycles. The van der Waals surface area contributed by atoms with E-state index in [0.29, 0.717) is 6.42 Å². The van der Waals surface area contributed by atoms with Gasteiger partial charge in [0.05, 0.1) is 5.92 Å². The molecule has 0 radical (unpaired) electrons. The lowest BCUT2D eigenvalue weighted by Crippen LogP contribution is -2.23. The summed E-state index contributed by atoms with van der Waals surface area (Å²) in [5.41, 5.74) is 5.15. The Balaban J connectivity index is 2.16. The van der Waals surface area contributed by atoms with Crippen molar-refractivity contribution in [1.29, 1.82) is 0 Å². The number of hydrogen-bond donors (Lipinski definition) is 1. The summed E-state index contributed by atoms with van der Waals surface area (Å²) in [4.78, 5) is 11.2. The predicted molar refractivity (Wildman–Crippen MR) is 75.4 cm³/mol. The van der Waals surface area contributed by atoms with Crippen LogP contribution in [0.4, 0.5) is 0 Å². The van der Waals surface area contributed by atoms with Crippen molar-refractivity contribution in [2.75, 3.05) is 0 Å². The van der Waals surface area contributed by atoms with E-state index in [1.807, 2.05) is 0 Å². The van der Waals surface area contributed by atoms with Gasteiger partial charge in [0.15, 0.2) is 0 Å². The number of aryl methyl sites for hydroxylation is 3. The molecule has 3 heteroatoms. The smallest absolute Gasteiger partial charge is 0.306 e. The van der Waals surface area contributed by atoms with Gasteiger partial charge < -0.3 is 9.67 Å². The van der Waals surface area contributed by atoms with Gasteiger partial charge in [0.2, 0.25) is 0 Å². The molecule has 1 unspecified atom stereocenters. The molecule has 1 heterocycles. The topological polar surface area (TPSA) is 42.2 Å². The van der Waals surface area contributed by atoms with E-state index in [2.05, 4.69) is 36.7 Å². The van der Waals surface area contributed by atoms with Crippen LogP contribution in [0.15, 0.2) is 18.2 Å². The second-order valence-corrected chi connectivity index (χ2v) is 5.47. The number of hydrogen-bond acceptors (Lipinski definition) is 1. The summed E-state index contributed by atoms with van der Waals surface area (Å²) in [5.74, 6) is -0.883. The Hall–Kier alpha value is -1.77. The number of fused-ring (bicyclic) bond motifs is 3. The normalized spacial score (nSPS) is 18.5. The Morgan fingerprint density at radius 3 is 2.95 bits per heavy atom. The van der Waals surface area contributed by atoms with Crippen LogP contribution in [0.3, 0.4) is 0 Å². The highest BCUT2D eigenvalue weighted by Crippen LogP contribution is 2.34. The molecule has 0 saturated heterocycles. The van der Waals surface area contributed by atoms with Gasteiger partial charge in [0, 0.05) is 30.1 Å². The lowest BCUT2D eigenvalue weighted by Gasteiger charge is -2.20. The van der Waals surface area contributed by atoms with Crippen molar-refractivity contribution in [2.45, 2.75) is 32.6 Å². The third kappa shape index (κ3) is 1.84. The maximum absolute atomic E-state index is 11.2. The minimum absolute atomic E-state index is 0.221. The average molecular weight is 257 g/mol. The van der Waals surface area contributed by atoms with Crippen LogP contribution < -0.4 is 0 Å². The van der Waals surface area contributed by atoms with Gasteiger partial charge in [-0.1, -0.05) is 13.0 Å². The first kappa shape index (κ1) is 12.3. The van der Waals surface area contributed by atoms with Crippen molar-refractivity contribution in [3.05, 3.63) is 35.0 Å². The van der Waals surface area contributed by atoms with E-state index >= 15 is 0 Å². The van der Waals surface area contributed by atoms with Crippen molar-refractivity contribution in [3.8, 4) is 0 Å². The van der Waals surface area contributed by atoms with E-state index < -0.39 is 5.97 Å². The Kier molecular flexibility index (Phi) is 2.85. The highest BCUT2D eigenvalue weighted by atomic mass is 16.4. The highest BCUT2D eigenvalue weighted by molar-refractivity contribution is 5.87. The Morgan fingerprint density at radius 2 is 2.26 bits per heavy atom. The van der Waals surface area contributed by atoms with Gasteiger partial charge >= 0.3 is 5.97 Å². The third-order valence-corrected chi connectivity index (χ3v) is 4.44. The second-order valence-electron chi connectivity index (χ2n) is 5.47. The minimum atomic E-state index is -0.662. The van der Waals surface area contributed by atoms with Gasteiger partial charge in [-0.2, -0.15) is 0 Å². The lowest BCUT2D eigenvalue weighted by molar-refractivity contribution is -0.142. The summed E-state index contributed by atoms with van der Waals surface area (Å²) in [6, 6.07) is 6.61. The molecule has 0 spiro atoms. The van der Waals surface area contributed by atoms with Crippen molar-refractivity contribution < 1.29 is 9.90 Å². The molecule has 0 saturated carbocycles. The molecule has 19 heavy (non-hydrogen) atoms. The number of carbonyl (C=O) groups is 1. The summed E-state index contributed by atoms with van der Waals surface area (Å²) in [6.07, 6.45) is 3.35. The van der Waals surface area contributed by atoms with E-state index in [1.165, 1.54) is 27.7 Å². The maximum atomic E-state index is 11.2. The van der Waals surface area contributed by atoms with Gasteiger partial charge in [0.1, 0.15) is 0 Å². The number of carboxylic acid groups (broad SMARTS) is 1. The zero-order chi connectivity index (χ0) is 13.6. The van der Waals surface area contributed by atoms with Crippen molar-refractivity contribution in [1.82, 2.24) is 4.57 Å². The van der Waals surface area contributed by atoms with Gasteiger partial charge in [-0.3, -0.25) is 4.79 Å². The fourth-order valence-electron chi connectivity index (χ4n) is 3.24. The largest absolute Gasteiger partial charge is 0.481 e. The standard InChI is InChI=1S/C16H19NO2/c1-3-10-4-7-14-13(8-10)12-6-5-11(16(18)19)9-15(12)17(14)2/h4,7-8,11H,3,5-6,9H2,1-2H3,(H,18,19). The van der Waals surface area contributed by atoms with Crippen LogP contribution in [0.5, 0.6) is 0 Å². The molecule has 3 nitrogen and oxygen atoms in total. The summed E-state index contributed by atoms with van der Waals surface area (Å²) in [7, 11) is 2.05. The van der Waals surface area contributed by atoms with Crippen LogP contribution in [0, 0.1) is 5.92 Å². The van der Waals surface area contributed by atoms with E-state index in [-0.39, 0.29) is 5.92 Å². The monoisotopic (exact) mass is 257 g/mol. The summed E-state index contributed by atoms with van der Waals surface area (Å²) >= 11 is 0. The minimum Gasteiger partial charge on any atom is -0.481 e. The van der Waals surface area contributed by atoms with Crippen molar-refractivity contribution in [2.24, 2.45) is 13.0 Å². The SMILES string of the molecule is CCc1ccc2c(c1)c1c(n2C)CC(C(=O)O)CC1. The number of nitrogens with zero attached hydrogens (tertiary/aromatic N) is 1. The number of rotatable bonds is 2. The van der Waals surface area contributed by atoms with E-state index in [1.54, 1.807) is 0 Å². The lowest BCUT2D eigenvalue weighted by atomic mass is 9.86. The van der Waals surface area contributed by atoms with Crippen molar-refractivity contribution in [3.63, 3.8) is 0 Å². The van der Waals surface area contributed by atoms with Gasteiger partial charge in [-0.25, -0.2) is 0 Å². The van der Waals surface area contributed by atoms with Gasteiger partial charge in [-0.05, 0) is 42.5 Å². The molecule has 1 atom stereocenters. The molecule has 1 aliphatic carbocycles. The van der Waals surface area contributed by atoms with Crippen LogP contribution in [-0.2, 0) is 31.1 Å². The van der Waals surface area contributed by atoms with E-state index in [0.717, 1.165) is 19.3 Å². The average Bonchev–Trinajstić information content (AvgIpc) is 2.71. The third-order valence-electron chi connectivity index (χ3n) is 4.44. The second kappa shape index (κ2) is 4.41. The van der Waals surface area contributed by atoms with E-state index in [9.17, 15) is 9.90 Å². The summed E-state index contributed by atoms with van der Waals surface area (Å²) in [6.45, 7) is 2.16. The molecule has 1 N–H and O–H groups in total. The number of benzene rings is 1. The fraction of sp³-hybridized carbons (Fsp3) is 0.438. The van der Waals surface area contributed by atoms with Gasteiger partial charge in [-0.15, -0.1) is 0 Å². The predicted octanol–water partition coefficient (Wildman–Crippen LogP) is 2.93. The molecule has 2 aromatic rings. The molecular weight excluding hydrogens is 238 g/mol. The number of aromatic nitrogens is 1. The van der Waals surface area contributed by atoms with Crippen LogP contribution in [0.25, 0.3) is 10.9 Å². The van der Waals surface area contributed by atoms with Crippen LogP contribution in [0.2, 0.25) is 0 Å². The Bertz CT molecular complexity index is 654. The first-order valence-electron chi connectivity index (χ1n) is 6.93. The number of aliphatic carboxylic acids is 1. The molecule has 0 aliphatic heterocycles. The Labute approximate surface area is 112 Å². The maximum Gasteiger partial charge on any atom is 0.306 e. The van der Waals surface area contributed by atoms with Crippen LogP contribution in [-0.4, -0.2) is 15.6 Å². The molecular formula is C16H19NO2.